The summed E-state index contributed by atoms with van der Waals surface area (Å²) >= 11 is 0. The summed E-state index contributed by atoms with van der Waals surface area (Å²) in [6.07, 6.45) is 5.89. The van der Waals surface area contributed by atoms with E-state index in [1.807, 2.05) is 4.90 Å². The van der Waals surface area contributed by atoms with Gasteiger partial charge in [-0.1, -0.05) is 24.3 Å². The van der Waals surface area contributed by atoms with Crippen LogP contribution in [0.1, 0.15) is 49.8 Å². The van der Waals surface area contributed by atoms with Crippen LogP contribution in [0, 0.1) is 0 Å². The molecule has 1 atom stereocenters. The number of fused-ring (bicyclic) bond motifs is 1. The standard InChI is InChI=1S/C17H24N2O/c1-2-19(14-10-11-14)17(20)12-18-16-9-5-7-13-6-3-4-8-15(13)16/h3-4,6,8,14,16,18H,2,5,7,9-12H2,1H3. The van der Waals surface area contributed by atoms with Crippen molar-refractivity contribution in [2.45, 2.75) is 51.1 Å². The summed E-state index contributed by atoms with van der Waals surface area (Å²) < 4.78 is 0. The number of nitrogens with one attached hydrogen (secondary N) is 1. The molecule has 0 saturated heterocycles. The molecular formula is C17H24N2O. The lowest BCUT2D eigenvalue weighted by Crippen LogP contribution is -2.41. The Labute approximate surface area is 121 Å². The predicted molar refractivity (Wildman–Crippen MR) is 80.5 cm³/mol. The molecule has 0 spiro atoms. The van der Waals surface area contributed by atoms with Crippen molar-refractivity contribution in [1.82, 2.24) is 10.2 Å². The van der Waals surface area contributed by atoms with Crippen molar-refractivity contribution in [1.29, 1.82) is 0 Å². The van der Waals surface area contributed by atoms with Crippen LogP contribution in [0.4, 0.5) is 0 Å². The van der Waals surface area contributed by atoms with Crippen molar-refractivity contribution in [3.8, 4) is 0 Å². The van der Waals surface area contributed by atoms with Crippen molar-refractivity contribution < 1.29 is 4.79 Å². The normalized spacial score (nSPS) is 21.4. The second-order valence-corrected chi connectivity index (χ2v) is 5.94. The third-order valence-electron chi connectivity index (χ3n) is 4.52. The molecule has 1 fully saturated rings. The van der Waals surface area contributed by atoms with E-state index in [-0.39, 0.29) is 5.91 Å². The second kappa shape index (κ2) is 5.96. The first kappa shape index (κ1) is 13.6. The summed E-state index contributed by atoms with van der Waals surface area (Å²) in [7, 11) is 0. The fourth-order valence-electron chi connectivity index (χ4n) is 3.30. The molecule has 20 heavy (non-hydrogen) atoms. The molecule has 1 aromatic rings. The third-order valence-corrected chi connectivity index (χ3v) is 4.52. The molecule has 0 bridgehead atoms. The first-order valence-electron chi connectivity index (χ1n) is 7.90. The van der Waals surface area contributed by atoms with Crippen molar-refractivity contribution in [3.63, 3.8) is 0 Å². The lowest BCUT2D eigenvalue weighted by Gasteiger charge is -2.28. The Bertz CT molecular complexity index is 482. The maximum absolute atomic E-state index is 12.3. The van der Waals surface area contributed by atoms with Gasteiger partial charge in [0, 0.05) is 18.6 Å². The van der Waals surface area contributed by atoms with Gasteiger partial charge >= 0.3 is 0 Å². The molecule has 2 aliphatic rings. The lowest BCUT2D eigenvalue weighted by molar-refractivity contribution is -0.130. The highest BCUT2D eigenvalue weighted by molar-refractivity contribution is 5.79. The number of hydrogen-bond acceptors (Lipinski definition) is 2. The monoisotopic (exact) mass is 272 g/mol. The number of carbonyl (C=O) groups is 1. The Morgan fingerprint density at radius 2 is 2.10 bits per heavy atom. The van der Waals surface area contributed by atoms with Crippen LogP contribution in [0.25, 0.3) is 0 Å². The molecule has 3 heteroatoms. The summed E-state index contributed by atoms with van der Waals surface area (Å²) in [5.74, 6) is 0.262. The highest BCUT2D eigenvalue weighted by Gasteiger charge is 2.31. The maximum Gasteiger partial charge on any atom is 0.236 e. The largest absolute Gasteiger partial charge is 0.339 e. The van der Waals surface area contributed by atoms with Crippen molar-refractivity contribution in [2.75, 3.05) is 13.1 Å². The Balaban J connectivity index is 1.60. The van der Waals surface area contributed by atoms with Crippen LogP contribution < -0.4 is 5.32 Å². The molecule has 0 heterocycles. The van der Waals surface area contributed by atoms with Crippen molar-refractivity contribution >= 4 is 5.91 Å². The molecule has 1 amide bonds. The molecule has 0 aromatic heterocycles. The maximum atomic E-state index is 12.3. The summed E-state index contributed by atoms with van der Waals surface area (Å²) in [6.45, 7) is 3.39. The fourth-order valence-corrected chi connectivity index (χ4v) is 3.30. The number of benzene rings is 1. The fraction of sp³-hybridized carbons (Fsp3) is 0.588. The Morgan fingerprint density at radius 3 is 2.85 bits per heavy atom. The van der Waals surface area contributed by atoms with Gasteiger partial charge in [0.2, 0.25) is 5.91 Å². The van der Waals surface area contributed by atoms with Gasteiger partial charge in [-0.3, -0.25) is 4.79 Å². The predicted octanol–water partition coefficient (Wildman–Crippen LogP) is 2.66. The van der Waals surface area contributed by atoms with Gasteiger partial charge < -0.3 is 10.2 Å². The molecule has 0 radical (unpaired) electrons. The van der Waals surface area contributed by atoms with Gasteiger partial charge in [0.25, 0.3) is 0 Å². The van der Waals surface area contributed by atoms with Gasteiger partial charge in [-0.05, 0) is 50.2 Å². The van der Waals surface area contributed by atoms with Crippen molar-refractivity contribution in [2.24, 2.45) is 0 Å². The van der Waals surface area contributed by atoms with Crippen LogP contribution in [-0.4, -0.2) is 29.9 Å². The Morgan fingerprint density at radius 1 is 1.30 bits per heavy atom. The summed E-state index contributed by atoms with van der Waals surface area (Å²) in [5.41, 5.74) is 2.83. The van der Waals surface area contributed by atoms with Crippen LogP contribution >= 0.6 is 0 Å². The van der Waals surface area contributed by atoms with E-state index in [1.54, 1.807) is 0 Å². The van der Waals surface area contributed by atoms with E-state index in [9.17, 15) is 4.79 Å². The van der Waals surface area contributed by atoms with E-state index >= 15 is 0 Å². The van der Waals surface area contributed by atoms with Gasteiger partial charge in [-0.25, -0.2) is 0 Å². The molecule has 3 nitrogen and oxygen atoms in total. The van der Waals surface area contributed by atoms with Crippen LogP contribution in [0.15, 0.2) is 24.3 Å². The number of carbonyl (C=O) groups excluding carboxylic acids is 1. The molecule has 108 valence electrons. The molecule has 1 unspecified atom stereocenters. The molecular weight excluding hydrogens is 248 g/mol. The van der Waals surface area contributed by atoms with Crippen LogP contribution in [0.2, 0.25) is 0 Å². The van der Waals surface area contributed by atoms with Crippen LogP contribution in [0.3, 0.4) is 0 Å². The summed E-state index contributed by atoms with van der Waals surface area (Å²) in [4.78, 5) is 14.3. The molecule has 1 N–H and O–H groups in total. The average Bonchev–Trinajstić information content (AvgIpc) is 3.30. The number of nitrogens with zero attached hydrogens (tertiary/aromatic N) is 1. The van der Waals surface area contributed by atoms with E-state index in [2.05, 4.69) is 36.5 Å². The van der Waals surface area contributed by atoms with E-state index in [0.717, 1.165) is 13.0 Å². The summed E-state index contributed by atoms with van der Waals surface area (Å²) in [6, 6.07) is 9.50. The quantitative estimate of drug-likeness (QED) is 0.893. The smallest absolute Gasteiger partial charge is 0.236 e. The Kier molecular flexibility index (Phi) is 4.06. The summed E-state index contributed by atoms with van der Waals surface area (Å²) in [5, 5.41) is 3.48. The minimum Gasteiger partial charge on any atom is -0.339 e. The van der Waals surface area contributed by atoms with Crippen LogP contribution in [0.5, 0.6) is 0 Å². The van der Waals surface area contributed by atoms with Gasteiger partial charge in [0.15, 0.2) is 0 Å². The topological polar surface area (TPSA) is 32.3 Å². The average molecular weight is 272 g/mol. The zero-order chi connectivity index (χ0) is 13.9. The highest BCUT2D eigenvalue weighted by atomic mass is 16.2. The molecule has 1 saturated carbocycles. The number of likely N-dealkylation sites (N-methyl/N-ethyl adjacent to an activating group) is 1. The molecule has 3 rings (SSSR count). The second-order valence-electron chi connectivity index (χ2n) is 5.94. The SMILES string of the molecule is CCN(C(=O)CNC1CCCc2ccccc21)C1CC1. The number of aryl methyl sites for hydroxylation is 1. The molecule has 1 aromatic carbocycles. The zero-order valence-corrected chi connectivity index (χ0v) is 12.3. The van der Waals surface area contributed by atoms with Gasteiger partial charge in [0.05, 0.1) is 6.54 Å². The minimum atomic E-state index is 0.262. The zero-order valence-electron chi connectivity index (χ0n) is 12.3. The van der Waals surface area contributed by atoms with E-state index in [0.29, 0.717) is 18.6 Å². The first-order valence-corrected chi connectivity index (χ1v) is 7.90. The van der Waals surface area contributed by atoms with E-state index in [4.69, 9.17) is 0 Å². The van der Waals surface area contributed by atoms with Crippen molar-refractivity contribution in [3.05, 3.63) is 35.4 Å². The Hall–Kier alpha value is -1.35. The van der Waals surface area contributed by atoms with Gasteiger partial charge in [-0.2, -0.15) is 0 Å². The van der Waals surface area contributed by atoms with Gasteiger partial charge in [-0.15, -0.1) is 0 Å². The minimum absolute atomic E-state index is 0.262. The van der Waals surface area contributed by atoms with E-state index in [1.165, 1.54) is 36.8 Å². The lowest BCUT2D eigenvalue weighted by atomic mass is 9.88. The number of rotatable bonds is 5. The third kappa shape index (κ3) is 2.88. The first-order chi connectivity index (χ1) is 9.79. The van der Waals surface area contributed by atoms with Crippen LogP contribution in [-0.2, 0) is 11.2 Å². The van der Waals surface area contributed by atoms with E-state index < -0.39 is 0 Å². The number of amides is 1. The van der Waals surface area contributed by atoms with Gasteiger partial charge in [0.1, 0.15) is 0 Å². The molecule has 2 aliphatic carbocycles. The highest BCUT2D eigenvalue weighted by Crippen LogP contribution is 2.30. The molecule has 0 aliphatic heterocycles. The number of hydrogen-bond donors (Lipinski definition) is 1.